The molecule has 3 heteroatoms. The molecule has 0 aliphatic heterocycles. The molecule has 110 valence electrons. The number of rotatable bonds is 3. The summed E-state index contributed by atoms with van der Waals surface area (Å²) in [6, 6.07) is 19.0. The summed E-state index contributed by atoms with van der Waals surface area (Å²) in [6.07, 6.45) is 0. The van der Waals surface area contributed by atoms with Crippen LogP contribution in [0.15, 0.2) is 64.5 Å². The molecule has 3 rings (SSSR count). The predicted octanol–water partition coefficient (Wildman–Crippen LogP) is 5.37. The minimum atomic E-state index is 0.0899. The van der Waals surface area contributed by atoms with Crippen LogP contribution in [0.2, 0.25) is 0 Å². The van der Waals surface area contributed by atoms with Crippen LogP contribution in [0.1, 0.15) is 32.4 Å². The average molecular weight is 298 g/mol. The van der Waals surface area contributed by atoms with Gasteiger partial charge in [0.1, 0.15) is 0 Å². The van der Waals surface area contributed by atoms with E-state index >= 15 is 0 Å². The van der Waals surface area contributed by atoms with Crippen molar-refractivity contribution in [3.8, 4) is 0 Å². The SMILES string of the molecule is CC.C[C@H](N)c1ccc(Sc2cc3ccccc3[nH]2)cc1. The number of aromatic amines is 1. The van der Waals surface area contributed by atoms with Crippen molar-refractivity contribution in [3.05, 3.63) is 60.2 Å². The summed E-state index contributed by atoms with van der Waals surface area (Å²) in [5.41, 5.74) is 8.20. The quantitative estimate of drug-likeness (QED) is 0.683. The summed E-state index contributed by atoms with van der Waals surface area (Å²) in [4.78, 5) is 4.64. The van der Waals surface area contributed by atoms with Crippen molar-refractivity contribution in [3.63, 3.8) is 0 Å². The van der Waals surface area contributed by atoms with Gasteiger partial charge >= 0.3 is 0 Å². The normalized spacial score (nSPS) is 11.8. The molecule has 2 nitrogen and oxygen atoms in total. The highest BCUT2D eigenvalue weighted by Gasteiger charge is 2.03. The highest BCUT2D eigenvalue weighted by molar-refractivity contribution is 7.99. The molecule has 2 aromatic carbocycles. The van der Waals surface area contributed by atoms with E-state index in [1.165, 1.54) is 21.4 Å². The number of hydrogen-bond donors (Lipinski definition) is 2. The number of nitrogens with one attached hydrogen (secondary N) is 1. The first kappa shape index (κ1) is 15.7. The standard InChI is InChI=1S/C16H16N2S.C2H6/c1-11(17)12-6-8-14(9-7-12)19-16-10-13-4-2-3-5-15(13)18-16;1-2/h2-11,18H,17H2,1H3;1-2H3/t11-;/m0./s1. The zero-order valence-electron chi connectivity index (χ0n) is 12.8. The third kappa shape index (κ3) is 3.90. The van der Waals surface area contributed by atoms with Gasteiger partial charge in [-0.15, -0.1) is 0 Å². The average Bonchev–Trinajstić information content (AvgIpc) is 2.92. The third-order valence-corrected chi connectivity index (χ3v) is 4.09. The molecule has 0 spiro atoms. The van der Waals surface area contributed by atoms with Gasteiger partial charge < -0.3 is 10.7 Å². The van der Waals surface area contributed by atoms with Crippen LogP contribution >= 0.6 is 11.8 Å². The van der Waals surface area contributed by atoms with Gasteiger partial charge in [-0.3, -0.25) is 0 Å². The third-order valence-electron chi connectivity index (χ3n) is 3.14. The van der Waals surface area contributed by atoms with Gasteiger partial charge in [0.05, 0.1) is 5.03 Å². The molecule has 0 saturated carbocycles. The Bertz CT molecular complexity index is 651. The first-order valence-electron chi connectivity index (χ1n) is 7.33. The van der Waals surface area contributed by atoms with Crippen LogP contribution in [0.25, 0.3) is 10.9 Å². The van der Waals surface area contributed by atoms with Crippen LogP contribution in [0, 0.1) is 0 Å². The molecule has 0 aliphatic carbocycles. The monoisotopic (exact) mass is 298 g/mol. The minimum absolute atomic E-state index is 0.0899. The Labute approximate surface area is 130 Å². The second-order valence-corrected chi connectivity index (χ2v) is 5.80. The van der Waals surface area contributed by atoms with E-state index in [9.17, 15) is 0 Å². The van der Waals surface area contributed by atoms with Crippen LogP contribution in [0.5, 0.6) is 0 Å². The van der Waals surface area contributed by atoms with E-state index in [1.807, 2.05) is 26.8 Å². The van der Waals surface area contributed by atoms with Crippen molar-refractivity contribution >= 4 is 22.7 Å². The number of benzene rings is 2. The second-order valence-electron chi connectivity index (χ2n) is 4.68. The highest BCUT2D eigenvalue weighted by Crippen LogP contribution is 2.30. The summed E-state index contributed by atoms with van der Waals surface area (Å²) in [7, 11) is 0. The van der Waals surface area contributed by atoms with Crippen molar-refractivity contribution in [2.24, 2.45) is 5.73 Å². The summed E-state index contributed by atoms with van der Waals surface area (Å²) in [5.74, 6) is 0. The van der Waals surface area contributed by atoms with Gasteiger partial charge in [0.15, 0.2) is 0 Å². The lowest BCUT2D eigenvalue weighted by Crippen LogP contribution is -2.04. The van der Waals surface area contributed by atoms with Crippen LogP contribution in [0.3, 0.4) is 0 Å². The van der Waals surface area contributed by atoms with Gasteiger partial charge in [-0.2, -0.15) is 0 Å². The fourth-order valence-electron chi connectivity index (χ4n) is 2.07. The highest BCUT2D eigenvalue weighted by atomic mass is 32.2. The van der Waals surface area contributed by atoms with E-state index in [1.54, 1.807) is 11.8 Å². The first-order valence-corrected chi connectivity index (χ1v) is 8.15. The topological polar surface area (TPSA) is 41.8 Å². The Hall–Kier alpha value is -1.71. The summed E-state index contributed by atoms with van der Waals surface area (Å²) in [6.45, 7) is 6.00. The van der Waals surface area contributed by atoms with Gasteiger partial charge in [-0.25, -0.2) is 0 Å². The fraction of sp³-hybridized carbons (Fsp3) is 0.222. The van der Waals surface area contributed by atoms with Crippen LogP contribution in [-0.4, -0.2) is 4.98 Å². The predicted molar refractivity (Wildman–Crippen MR) is 92.8 cm³/mol. The Morgan fingerprint density at radius 1 is 1.00 bits per heavy atom. The number of aromatic nitrogens is 1. The van der Waals surface area contributed by atoms with E-state index in [4.69, 9.17) is 5.73 Å². The number of fused-ring (bicyclic) bond motifs is 1. The molecule has 1 atom stereocenters. The van der Waals surface area contributed by atoms with Gasteiger partial charge in [0.25, 0.3) is 0 Å². The number of para-hydroxylation sites is 1. The summed E-state index contributed by atoms with van der Waals surface area (Å²) < 4.78 is 0. The Balaban J connectivity index is 0.000000774. The zero-order chi connectivity index (χ0) is 15.2. The van der Waals surface area contributed by atoms with Gasteiger partial charge in [-0.1, -0.05) is 55.9 Å². The minimum Gasteiger partial charge on any atom is -0.349 e. The Kier molecular flexibility index (Phi) is 5.48. The van der Waals surface area contributed by atoms with Crippen molar-refractivity contribution in [1.82, 2.24) is 4.98 Å². The summed E-state index contributed by atoms with van der Waals surface area (Å²) in [5, 5.41) is 2.41. The Morgan fingerprint density at radius 3 is 2.29 bits per heavy atom. The zero-order valence-corrected chi connectivity index (χ0v) is 13.6. The first-order chi connectivity index (χ1) is 10.2. The van der Waals surface area contributed by atoms with E-state index in [2.05, 4.69) is 53.5 Å². The maximum atomic E-state index is 5.85. The lowest BCUT2D eigenvalue weighted by molar-refractivity contribution is 0.817. The summed E-state index contributed by atoms with van der Waals surface area (Å²) >= 11 is 1.74. The maximum absolute atomic E-state index is 5.85. The number of H-pyrrole nitrogens is 1. The smallest absolute Gasteiger partial charge is 0.0780 e. The fourth-order valence-corrected chi connectivity index (χ4v) is 2.94. The molecule has 3 aromatic rings. The van der Waals surface area contributed by atoms with Crippen molar-refractivity contribution in [1.29, 1.82) is 0 Å². The van der Waals surface area contributed by atoms with Crippen molar-refractivity contribution < 1.29 is 0 Å². The molecule has 0 unspecified atom stereocenters. The molecular weight excluding hydrogens is 276 g/mol. The lowest BCUT2D eigenvalue weighted by atomic mass is 10.1. The van der Waals surface area contributed by atoms with E-state index in [-0.39, 0.29) is 6.04 Å². The lowest BCUT2D eigenvalue weighted by Gasteiger charge is -2.06. The molecule has 0 bridgehead atoms. The molecule has 0 saturated heterocycles. The molecule has 1 aromatic heterocycles. The molecule has 0 aliphatic rings. The van der Waals surface area contributed by atoms with Crippen molar-refractivity contribution in [2.45, 2.75) is 36.7 Å². The van der Waals surface area contributed by atoms with Crippen LogP contribution < -0.4 is 5.73 Å². The molecule has 0 radical (unpaired) electrons. The van der Waals surface area contributed by atoms with Gasteiger partial charge in [0, 0.05) is 21.8 Å². The molecular formula is C18H22N2S. The number of nitrogens with two attached hydrogens (primary N) is 1. The molecule has 3 N–H and O–H groups in total. The second kappa shape index (κ2) is 7.34. The molecule has 1 heterocycles. The van der Waals surface area contributed by atoms with E-state index < -0.39 is 0 Å². The van der Waals surface area contributed by atoms with Gasteiger partial charge in [0.2, 0.25) is 0 Å². The van der Waals surface area contributed by atoms with Crippen molar-refractivity contribution in [2.75, 3.05) is 0 Å². The Morgan fingerprint density at radius 2 is 1.67 bits per heavy atom. The largest absolute Gasteiger partial charge is 0.349 e. The number of hydrogen-bond acceptors (Lipinski definition) is 2. The van der Waals surface area contributed by atoms with Crippen LogP contribution in [-0.2, 0) is 0 Å². The van der Waals surface area contributed by atoms with Gasteiger partial charge in [-0.05, 0) is 36.8 Å². The van der Waals surface area contributed by atoms with E-state index in [0.717, 1.165) is 5.03 Å². The van der Waals surface area contributed by atoms with E-state index in [0.29, 0.717) is 0 Å². The van der Waals surface area contributed by atoms with Crippen LogP contribution in [0.4, 0.5) is 0 Å². The molecule has 0 amide bonds. The maximum Gasteiger partial charge on any atom is 0.0780 e. The molecule has 0 fully saturated rings. The molecule has 21 heavy (non-hydrogen) atoms.